The summed E-state index contributed by atoms with van der Waals surface area (Å²) in [5.41, 5.74) is 3.14. The van der Waals surface area contributed by atoms with E-state index in [0.717, 1.165) is 29.8 Å². The first-order chi connectivity index (χ1) is 12.4. The van der Waals surface area contributed by atoms with Crippen molar-refractivity contribution in [2.75, 3.05) is 25.0 Å². The minimum absolute atomic E-state index is 0.639. The Kier molecular flexibility index (Phi) is 4.08. The SMILES string of the molecule is c1c(C2CC2)nn2cnnc2c1NCC1CCCN(C2CCCC2)C1. The molecule has 2 saturated carbocycles. The summed E-state index contributed by atoms with van der Waals surface area (Å²) in [6, 6.07) is 3.06. The number of aromatic nitrogens is 4. The molecule has 2 aliphatic carbocycles. The highest BCUT2D eigenvalue weighted by molar-refractivity contribution is 5.66. The Morgan fingerprint density at radius 1 is 1.08 bits per heavy atom. The Morgan fingerprint density at radius 3 is 2.80 bits per heavy atom. The number of rotatable bonds is 5. The Balaban J connectivity index is 1.27. The van der Waals surface area contributed by atoms with E-state index < -0.39 is 0 Å². The van der Waals surface area contributed by atoms with Crippen LogP contribution in [0.15, 0.2) is 12.4 Å². The topological polar surface area (TPSA) is 58.4 Å². The van der Waals surface area contributed by atoms with Crippen molar-refractivity contribution in [2.45, 2.75) is 63.3 Å². The third-order valence-corrected chi connectivity index (χ3v) is 6.26. The van der Waals surface area contributed by atoms with E-state index in [2.05, 4.69) is 31.6 Å². The van der Waals surface area contributed by atoms with E-state index in [0.29, 0.717) is 5.92 Å². The molecule has 2 aromatic heterocycles. The molecule has 6 heteroatoms. The van der Waals surface area contributed by atoms with Crippen LogP contribution >= 0.6 is 0 Å². The Morgan fingerprint density at radius 2 is 1.96 bits per heavy atom. The second-order valence-corrected chi connectivity index (χ2v) is 8.18. The molecule has 25 heavy (non-hydrogen) atoms. The Hall–Kier alpha value is -1.69. The van der Waals surface area contributed by atoms with Gasteiger partial charge in [0.2, 0.25) is 5.65 Å². The number of fused-ring (bicyclic) bond motifs is 1. The van der Waals surface area contributed by atoms with Crippen molar-refractivity contribution in [3.8, 4) is 0 Å². The lowest BCUT2D eigenvalue weighted by atomic mass is 9.96. The van der Waals surface area contributed by atoms with Crippen molar-refractivity contribution < 1.29 is 0 Å². The fourth-order valence-electron chi connectivity index (χ4n) is 4.67. The van der Waals surface area contributed by atoms with Crippen LogP contribution in [0.1, 0.15) is 63.0 Å². The largest absolute Gasteiger partial charge is 0.382 e. The van der Waals surface area contributed by atoms with Crippen LogP contribution in [0.4, 0.5) is 5.69 Å². The van der Waals surface area contributed by atoms with Gasteiger partial charge in [-0.3, -0.25) is 0 Å². The maximum atomic E-state index is 4.66. The van der Waals surface area contributed by atoms with Gasteiger partial charge in [0.1, 0.15) is 6.33 Å². The smallest absolute Gasteiger partial charge is 0.200 e. The average molecular weight is 340 g/mol. The van der Waals surface area contributed by atoms with Gasteiger partial charge >= 0.3 is 0 Å². The van der Waals surface area contributed by atoms with Crippen LogP contribution in [0.2, 0.25) is 0 Å². The molecule has 3 aliphatic rings. The van der Waals surface area contributed by atoms with E-state index in [-0.39, 0.29) is 0 Å². The Bertz CT molecular complexity index is 731. The fourth-order valence-corrected chi connectivity index (χ4v) is 4.67. The summed E-state index contributed by atoms with van der Waals surface area (Å²) < 4.78 is 1.84. The van der Waals surface area contributed by atoms with Crippen LogP contribution in [0, 0.1) is 5.92 Å². The molecule has 0 amide bonds. The van der Waals surface area contributed by atoms with E-state index >= 15 is 0 Å². The molecule has 0 radical (unpaired) electrons. The summed E-state index contributed by atoms with van der Waals surface area (Å²) in [4.78, 5) is 2.76. The van der Waals surface area contributed by atoms with Gasteiger partial charge in [0, 0.05) is 25.0 Å². The number of piperidine rings is 1. The number of nitrogens with zero attached hydrogens (tertiary/aromatic N) is 5. The van der Waals surface area contributed by atoms with Crippen LogP contribution in [0.3, 0.4) is 0 Å². The van der Waals surface area contributed by atoms with E-state index in [1.807, 2.05) is 4.52 Å². The standard InChI is InChI=1S/C19H28N6/c1-2-6-16(5-1)24-9-3-4-14(12-24)11-20-18-10-17(15-7-8-15)23-25-13-21-22-19(18)25/h10,13-16,20H,1-9,11-12H2. The molecule has 2 aromatic rings. The minimum Gasteiger partial charge on any atom is -0.382 e. The van der Waals surface area contributed by atoms with E-state index in [9.17, 15) is 0 Å². The van der Waals surface area contributed by atoms with E-state index in [1.54, 1.807) is 6.33 Å². The summed E-state index contributed by atoms with van der Waals surface area (Å²) in [7, 11) is 0. The minimum atomic E-state index is 0.639. The number of likely N-dealkylation sites (tertiary alicyclic amines) is 1. The number of anilines is 1. The van der Waals surface area contributed by atoms with Crippen LogP contribution in [0.25, 0.3) is 5.65 Å². The molecule has 3 heterocycles. The maximum absolute atomic E-state index is 4.66. The number of hydrogen-bond donors (Lipinski definition) is 1. The summed E-state index contributed by atoms with van der Waals surface area (Å²) in [6.07, 6.45) is 12.6. The molecular formula is C19H28N6. The zero-order chi connectivity index (χ0) is 16.6. The third kappa shape index (κ3) is 3.24. The van der Waals surface area contributed by atoms with Crippen LogP contribution in [0.5, 0.6) is 0 Å². The van der Waals surface area contributed by atoms with Crippen molar-refractivity contribution >= 4 is 11.3 Å². The highest BCUT2D eigenvalue weighted by atomic mass is 15.3. The lowest BCUT2D eigenvalue weighted by Gasteiger charge is -2.37. The van der Waals surface area contributed by atoms with Crippen LogP contribution < -0.4 is 5.32 Å². The van der Waals surface area contributed by atoms with Crippen LogP contribution in [-0.2, 0) is 0 Å². The molecule has 1 atom stereocenters. The monoisotopic (exact) mass is 340 g/mol. The van der Waals surface area contributed by atoms with Gasteiger partial charge in [-0.1, -0.05) is 12.8 Å². The van der Waals surface area contributed by atoms with Crippen molar-refractivity contribution in [3.05, 3.63) is 18.1 Å². The summed E-state index contributed by atoms with van der Waals surface area (Å²) in [5.74, 6) is 1.37. The first-order valence-corrected chi connectivity index (χ1v) is 10.1. The zero-order valence-electron chi connectivity index (χ0n) is 14.9. The molecule has 3 fully saturated rings. The summed E-state index contributed by atoms with van der Waals surface area (Å²) in [5, 5.41) is 16.7. The summed E-state index contributed by atoms with van der Waals surface area (Å²) >= 11 is 0. The van der Waals surface area contributed by atoms with Crippen molar-refractivity contribution in [1.29, 1.82) is 0 Å². The number of nitrogens with one attached hydrogen (secondary N) is 1. The zero-order valence-corrected chi connectivity index (χ0v) is 14.9. The lowest BCUT2D eigenvalue weighted by molar-refractivity contribution is 0.129. The highest BCUT2D eigenvalue weighted by Gasteiger charge is 2.29. The molecule has 134 valence electrons. The molecular weight excluding hydrogens is 312 g/mol. The maximum Gasteiger partial charge on any atom is 0.200 e. The quantitative estimate of drug-likeness (QED) is 0.906. The molecule has 0 bridgehead atoms. The molecule has 1 N–H and O–H groups in total. The molecule has 1 saturated heterocycles. The molecule has 5 rings (SSSR count). The number of hydrogen-bond acceptors (Lipinski definition) is 5. The highest BCUT2D eigenvalue weighted by Crippen LogP contribution is 2.40. The van der Waals surface area contributed by atoms with Gasteiger partial charge in [0.05, 0.1) is 11.4 Å². The predicted molar refractivity (Wildman–Crippen MR) is 97.8 cm³/mol. The van der Waals surface area contributed by atoms with Gasteiger partial charge in [-0.15, -0.1) is 10.2 Å². The van der Waals surface area contributed by atoms with E-state index in [4.69, 9.17) is 0 Å². The first kappa shape index (κ1) is 15.6. The molecule has 1 aliphatic heterocycles. The molecule has 1 unspecified atom stereocenters. The Labute approximate surface area is 149 Å². The lowest BCUT2D eigenvalue weighted by Crippen LogP contribution is -2.43. The van der Waals surface area contributed by atoms with Crippen molar-refractivity contribution in [1.82, 2.24) is 24.7 Å². The predicted octanol–water partition coefficient (Wildman–Crippen LogP) is 3.07. The third-order valence-electron chi connectivity index (χ3n) is 6.26. The second-order valence-electron chi connectivity index (χ2n) is 8.18. The van der Waals surface area contributed by atoms with Gasteiger partial charge in [-0.25, -0.2) is 0 Å². The van der Waals surface area contributed by atoms with Crippen molar-refractivity contribution in [3.63, 3.8) is 0 Å². The normalized spacial score (nSPS) is 25.7. The van der Waals surface area contributed by atoms with Gasteiger partial charge < -0.3 is 10.2 Å². The first-order valence-electron chi connectivity index (χ1n) is 10.1. The van der Waals surface area contributed by atoms with Gasteiger partial charge in [0.15, 0.2) is 0 Å². The van der Waals surface area contributed by atoms with Gasteiger partial charge in [0.25, 0.3) is 0 Å². The average Bonchev–Trinajstić information content (AvgIpc) is 3.15. The van der Waals surface area contributed by atoms with Gasteiger partial charge in [-0.05, 0) is 57.1 Å². The summed E-state index contributed by atoms with van der Waals surface area (Å²) in [6.45, 7) is 3.58. The van der Waals surface area contributed by atoms with Crippen molar-refractivity contribution in [2.24, 2.45) is 5.92 Å². The molecule has 6 nitrogen and oxygen atoms in total. The second kappa shape index (κ2) is 6.56. The van der Waals surface area contributed by atoms with Crippen LogP contribution in [-0.4, -0.2) is 50.4 Å². The molecule has 0 spiro atoms. The van der Waals surface area contributed by atoms with E-state index in [1.165, 1.54) is 70.2 Å². The van der Waals surface area contributed by atoms with Gasteiger partial charge in [-0.2, -0.15) is 9.61 Å². The fraction of sp³-hybridized carbons (Fsp3) is 0.737. The molecule has 0 aromatic carbocycles.